The maximum atomic E-state index is 12.3. The Morgan fingerprint density at radius 2 is 2.04 bits per heavy atom. The number of aryl methyl sites for hydroxylation is 1. The molecule has 5 heteroatoms. The van der Waals surface area contributed by atoms with Crippen LogP contribution in [0, 0.1) is 12.8 Å². The largest absolute Gasteiger partial charge is 0.497 e. The second-order valence-corrected chi connectivity index (χ2v) is 7.19. The maximum absolute atomic E-state index is 12.3. The lowest BCUT2D eigenvalue weighted by Crippen LogP contribution is -2.41. The Bertz CT molecular complexity index is 769. The minimum atomic E-state index is -0.0754. The van der Waals surface area contributed by atoms with Crippen LogP contribution in [0.2, 0.25) is 0 Å². The van der Waals surface area contributed by atoms with Crippen LogP contribution in [-0.4, -0.2) is 30.6 Å². The topological polar surface area (TPSA) is 60.5 Å². The molecule has 1 fully saturated rings. The third kappa shape index (κ3) is 4.45. The number of benzene rings is 1. The molecule has 1 heterocycles. The molecule has 1 aromatic carbocycles. The molecule has 1 aliphatic carbocycles. The number of nitrogens with zero attached hydrogens (tertiary/aromatic N) is 1. The molecule has 1 amide bonds. The quantitative estimate of drug-likeness (QED) is 0.849. The van der Waals surface area contributed by atoms with Crippen molar-refractivity contribution in [1.29, 1.82) is 0 Å². The minimum Gasteiger partial charge on any atom is -0.497 e. The van der Waals surface area contributed by atoms with Gasteiger partial charge >= 0.3 is 0 Å². The molecule has 0 unspecified atom stereocenters. The fourth-order valence-electron chi connectivity index (χ4n) is 3.74. The summed E-state index contributed by atoms with van der Waals surface area (Å²) >= 11 is 0. The van der Waals surface area contributed by atoms with Gasteiger partial charge in [-0.05, 0) is 50.8 Å². The first kappa shape index (κ1) is 18.5. The van der Waals surface area contributed by atoms with E-state index in [1.807, 2.05) is 31.2 Å². The van der Waals surface area contributed by atoms with Gasteiger partial charge in [0, 0.05) is 23.2 Å². The monoisotopic (exact) mass is 356 g/mol. The first-order valence-electron chi connectivity index (χ1n) is 9.44. The van der Waals surface area contributed by atoms with Gasteiger partial charge in [-0.3, -0.25) is 9.78 Å². The lowest BCUT2D eigenvalue weighted by Gasteiger charge is -2.28. The number of hydrogen-bond donors (Lipinski definition) is 1. The van der Waals surface area contributed by atoms with Crippen molar-refractivity contribution in [2.24, 2.45) is 5.92 Å². The Morgan fingerprint density at radius 3 is 2.77 bits per heavy atom. The molecule has 26 heavy (non-hydrogen) atoms. The first-order chi connectivity index (χ1) is 12.6. The standard InChI is InChI=1S/C21H28N2O3/c1-14-11-20(18-12-17(25-3)9-10-19(18)22-14)26-13-21(24)23-15(2)16-7-5-4-6-8-16/h9-12,15-16H,4-8,13H2,1-3H3,(H,23,24)/t15-/m0/s1. The number of fused-ring (bicyclic) bond motifs is 1. The van der Waals surface area contributed by atoms with Crippen LogP contribution in [-0.2, 0) is 4.79 Å². The maximum Gasteiger partial charge on any atom is 0.258 e. The van der Waals surface area contributed by atoms with Crippen LogP contribution in [0.3, 0.4) is 0 Å². The molecule has 0 saturated heterocycles. The van der Waals surface area contributed by atoms with E-state index in [2.05, 4.69) is 17.2 Å². The number of ether oxygens (including phenoxy) is 2. The molecule has 5 nitrogen and oxygen atoms in total. The summed E-state index contributed by atoms with van der Waals surface area (Å²) in [5, 5.41) is 3.95. The predicted molar refractivity (Wildman–Crippen MR) is 103 cm³/mol. The van der Waals surface area contributed by atoms with Crippen molar-refractivity contribution in [1.82, 2.24) is 10.3 Å². The number of rotatable bonds is 6. The molecule has 0 spiro atoms. The van der Waals surface area contributed by atoms with E-state index in [1.54, 1.807) is 7.11 Å². The third-order valence-electron chi connectivity index (χ3n) is 5.21. The number of hydrogen-bond acceptors (Lipinski definition) is 4. The van der Waals surface area contributed by atoms with E-state index in [-0.39, 0.29) is 18.6 Å². The highest BCUT2D eigenvalue weighted by atomic mass is 16.5. The second-order valence-electron chi connectivity index (χ2n) is 7.19. The van der Waals surface area contributed by atoms with Gasteiger partial charge < -0.3 is 14.8 Å². The summed E-state index contributed by atoms with van der Waals surface area (Å²) in [6.07, 6.45) is 6.27. The molecule has 3 rings (SSSR count). The van der Waals surface area contributed by atoms with Crippen LogP contribution in [0.1, 0.15) is 44.7 Å². The van der Waals surface area contributed by atoms with E-state index in [4.69, 9.17) is 9.47 Å². The summed E-state index contributed by atoms with van der Waals surface area (Å²) < 4.78 is 11.1. The molecule has 140 valence electrons. The Labute approximate surface area is 155 Å². The van der Waals surface area contributed by atoms with Crippen LogP contribution in [0.4, 0.5) is 0 Å². The van der Waals surface area contributed by atoms with E-state index in [0.29, 0.717) is 11.7 Å². The molecule has 0 aliphatic heterocycles. The van der Waals surface area contributed by atoms with Crippen molar-refractivity contribution in [2.45, 2.75) is 52.0 Å². The van der Waals surface area contributed by atoms with Crippen molar-refractivity contribution < 1.29 is 14.3 Å². The predicted octanol–water partition coefficient (Wildman–Crippen LogP) is 4.02. The number of carbonyl (C=O) groups excluding carboxylic acids is 1. The van der Waals surface area contributed by atoms with Gasteiger partial charge in [0.05, 0.1) is 12.6 Å². The first-order valence-corrected chi connectivity index (χ1v) is 9.44. The molecule has 2 aromatic rings. The molecular weight excluding hydrogens is 328 g/mol. The van der Waals surface area contributed by atoms with Gasteiger partial charge in [-0.15, -0.1) is 0 Å². The van der Waals surface area contributed by atoms with Crippen molar-refractivity contribution in [3.05, 3.63) is 30.0 Å². The summed E-state index contributed by atoms with van der Waals surface area (Å²) in [5.74, 6) is 1.91. The van der Waals surface area contributed by atoms with Gasteiger partial charge in [0.25, 0.3) is 5.91 Å². The van der Waals surface area contributed by atoms with Gasteiger partial charge in [0.1, 0.15) is 11.5 Å². The van der Waals surface area contributed by atoms with Crippen LogP contribution in [0.25, 0.3) is 10.9 Å². The zero-order valence-corrected chi connectivity index (χ0v) is 15.9. The zero-order chi connectivity index (χ0) is 18.5. The number of aromatic nitrogens is 1. The molecular formula is C21H28N2O3. The molecule has 1 aromatic heterocycles. The van der Waals surface area contributed by atoms with E-state index >= 15 is 0 Å². The molecule has 1 atom stereocenters. The average molecular weight is 356 g/mol. The molecule has 1 saturated carbocycles. The number of pyridine rings is 1. The van der Waals surface area contributed by atoms with Gasteiger partial charge in [0.2, 0.25) is 0 Å². The van der Waals surface area contributed by atoms with E-state index in [1.165, 1.54) is 32.1 Å². The van der Waals surface area contributed by atoms with Crippen LogP contribution < -0.4 is 14.8 Å². The Kier molecular flexibility index (Phi) is 5.96. The summed E-state index contributed by atoms with van der Waals surface area (Å²) in [6, 6.07) is 7.72. The normalized spacial score (nSPS) is 16.3. The Balaban J connectivity index is 1.65. The SMILES string of the molecule is COc1ccc2nc(C)cc(OCC(=O)N[C@@H](C)C3CCCCC3)c2c1. The Morgan fingerprint density at radius 1 is 1.27 bits per heavy atom. The lowest BCUT2D eigenvalue weighted by molar-refractivity contribution is -0.124. The molecule has 0 radical (unpaired) electrons. The smallest absolute Gasteiger partial charge is 0.258 e. The highest BCUT2D eigenvalue weighted by Crippen LogP contribution is 2.29. The molecule has 0 bridgehead atoms. The van der Waals surface area contributed by atoms with Crippen molar-refractivity contribution >= 4 is 16.8 Å². The highest BCUT2D eigenvalue weighted by Gasteiger charge is 2.21. The number of carbonyl (C=O) groups is 1. The van der Waals surface area contributed by atoms with Crippen molar-refractivity contribution in [3.8, 4) is 11.5 Å². The Hall–Kier alpha value is -2.30. The van der Waals surface area contributed by atoms with Crippen LogP contribution >= 0.6 is 0 Å². The lowest BCUT2D eigenvalue weighted by atomic mass is 9.84. The van der Waals surface area contributed by atoms with Gasteiger partial charge in [-0.2, -0.15) is 0 Å². The highest BCUT2D eigenvalue weighted by molar-refractivity contribution is 5.87. The van der Waals surface area contributed by atoms with E-state index in [9.17, 15) is 4.79 Å². The number of amides is 1. The van der Waals surface area contributed by atoms with Gasteiger partial charge in [0.15, 0.2) is 6.61 Å². The second kappa shape index (κ2) is 8.39. The average Bonchev–Trinajstić information content (AvgIpc) is 2.66. The zero-order valence-electron chi connectivity index (χ0n) is 15.9. The summed E-state index contributed by atoms with van der Waals surface area (Å²) in [6.45, 7) is 4.03. The van der Waals surface area contributed by atoms with Gasteiger partial charge in [-0.25, -0.2) is 0 Å². The van der Waals surface area contributed by atoms with Crippen molar-refractivity contribution in [3.63, 3.8) is 0 Å². The fraction of sp³-hybridized carbons (Fsp3) is 0.524. The summed E-state index contributed by atoms with van der Waals surface area (Å²) in [4.78, 5) is 16.8. The minimum absolute atomic E-state index is 0.00677. The van der Waals surface area contributed by atoms with Crippen molar-refractivity contribution in [2.75, 3.05) is 13.7 Å². The van der Waals surface area contributed by atoms with Gasteiger partial charge in [-0.1, -0.05) is 19.3 Å². The fourth-order valence-corrected chi connectivity index (χ4v) is 3.74. The van der Waals surface area contributed by atoms with E-state index in [0.717, 1.165) is 22.3 Å². The number of methoxy groups -OCH3 is 1. The number of nitrogens with one attached hydrogen (secondary N) is 1. The third-order valence-corrected chi connectivity index (χ3v) is 5.21. The van der Waals surface area contributed by atoms with Crippen LogP contribution in [0.5, 0.6) is 11.5 Å². The van der Waals surface area contributed by atoms with E-state index < -0.39 is 0 Å². The summed E-state index contributed by atoms with van der Waals surface area (Å²) in [5.41, 5.74) is 1.69. The molecule has 1 aliphatic rings. The summed E-state index contributed by atoms with van der Waals surface area (Å²) in [7, 11) is 1.63. The van der Waals surface area contributed by atoms with Crippen LogP contribution in [0.15, 0.2) is 24.3 Å². The molecule has 1 N–H and O–H groups in total.